The van der Waals surface area contributed by atoms with Gasteiger partial charge in [0.1, 0.15) is 0 Å². The zero-order valence-electron chi connectivity index (χ0n) is 11.0. The number of rotatable bonds is 4. The van der Waals surface area contributed by atoms with Crippen LogP contribution in [0.1, 0.15) is 5.56 Å². The van der Waals surface area contributed by atoms with Gasteiger partial charge in [0.05, 0.1) is 12.7 Å². The summed E-state index contributed by atoms with van der Waals surface area (Å²) in [6.45, 7) is 3.63. The van der Waals surface area contributed by atoms with E-state index in [9.17, 15) is 15.3 Å². The topological polar surface area (TPSA) is 85.2 Å². The van der Waals surface area contributed by atoms with Crippen molar-refractivity contribution in [2.24, 2.45) is 0 Å². The highest BCUT2D eigenvalue weighted by atomic mass is 16.5. The maximum absolute atomic E-state index is 9.67. The zero-order valence-corrected chi connectivity index (χ0v) is 11.0. The molecular weight excluding hydrogens is 248 g/mol. The molecule has 0 spiro atoms. The second-order valence-corrected chi connectivity index (χ2v) is 4.83. The quantitative estimate of drug-likeness (QED) is 0.585. The molecule has 1 heterocycles. The van der Waals surface area contributed by atoms with E-state index < -0.39 is 5.75 Å². The molecule has 1 saturated heterocycles. The predicted octanol–water partition coefficient (Wildman–Crippen LogP) is 0.224. The summed E-state index contributed by atoms with van der Waals surface area (Å²) in [6, 6.07) is 2.93. The van der Waals surface area contributed by atoms with Gasteiger partial charge in [-0.1, -0.05) is 6.07 Å². The van der Waals surface area contributed by atoms with E-state index in [1.54, 1.807) is 6.07 Å². The minimum absolute atomic E-state index is 0.131. The predicted molar refractivity (Wildman–Crippen MR) is 70.4 cm³/mol. The molecule has 1 aliphatic heterocycles. The van der Waals surface area contributed by atoms with Gasteiger partial charge in [0.25, 0.3) is 0 Å². The standard InChI is InChI=1S/C13H20N2O4/c1-15-4-5-19-10(8-15)7-14-6-9-2-3-11(16)13(18)12(9)17/h2-3,10,14,16-18H,4-8H2,1H3. The molecule has 0 amide bonds. The molecule has 0 aliphatic carbocycles. The Morgan fingerprint density at radius 2 is 2.11 bits per heavy atom. The van der Waals surface area contributed by atoms with Gasteiger partial charge in [-0.2, -0.15) is 0 Å². The molecule has 6 nitrogen and oxygen atoms in total. The second kappa shape index (κ2) is 6.10. The van der Waals surface area contributed by atoms with Gasteiger partial charge < -0.3 is 30.3 Å². The summed E-state index contributed by atoms with van der Waals surface area (Å²) in [7, 11) is 2.05. The maximum Gasteiger partial charge on any atom is 0.200 e. The van der Waals surface area contributed by atoms with Crippen molar-refractivity contribution in [1.82, 2.24) is 10.2 Å². The molecule has 19 heavy (non-hydrogen) atoms. The number of nitrogens with one attached hydrogen (secondary N) is 1. The lowest BCUT2D eigenvalue weighted by atomic mass is 10.1. The Morgan fingerprint density at radius 1 is 1.32 bits per heavy atom. The maximum atomic E-state index is 9.67. The molecule has 1 aromatic carbocycles. The first-order valence-corrected chi connectivity index (χ1v) is 6.31. The minimum Gasteiger partial charge on any atom is -0.504 e. The molecule has 0 saturated carbocycles. The third-order valence-corrected chi connectivity index (χ3v) is 3.24. The van der Waals surface area contributed by atoms with Crippen LogP contribution in [0, 0.1) is 0 Å². The van der Waals surface area contributed by atoms with Crippen molar-refractivity contribution >= 4 is 0 Å². The van der Waals surface area contributed by atoms with Gasteiger partial charge in [-0.15, -0.1) is 0 Å². The fourth-order valence-electron chi connectivity index (χ4n) is 2.11. The van der Waals surface area contributed by atoms with E-state index in [1.807, 2.05) is 0 Å². The van der Waals surface area contributed by atoms with Crippen molar-refractivity contribution in [1.29, 1.82) is 0 Å². The first-order valence-electron chi connectivity index (χ1n) is 6.31. The lowest BCUT2D eigenvalue weighted by Crippen LogP contribution is -2.44. The van der Waals surface area contributed by atoms with Crippen LogP contribution >= 0.6 is 0 Å². The SMILES string of the molecule is CN1CCOC(CNCc2ccc(O)c(O)c2O)C1. The van der Waals surface area contributed by atoms with Gasteiger partial charge in [0, 0.05) is 31.7 Å². The Morgan fingerprint density at radius 3 is 2.84 bits per heavy atom. The van der Waals surface area contributed by atoms with Crippen LogP contribution in [0.25, 0.3) is 0 Å². The van der Waals surface area contributed by atoms with Crippen LogP contribution in [0.3, 0.4) is 0 Å². The van der Waals surface area contributed by atoms with Crippen LogP contribution in [-0.4, -0.2) is 59.6 Å². The monoisotopic (exact) mass is 268 g/mol. The molecule has 1 aliphatic rings. The molecule has 1 aromatic rings. The summed E-state index contributed by atoms with van der Waals surface area (Å²) in [4.78, 5) is 2.21. The number of ether oxygens (including phenoxy) is 1. The normalized spacial score (nSPS) is 20.6. The van der Waals surface area contributed by atoms with Crippen LogP contribution < -0.4 is 5.32 Å². The highest BCUT2D eigenvalue weighted by molar-refractivity contribution is 5.52. The van der Waals surface area contributed by atoms with Crippen molar-refractivity contribution in [2.75, 3.05) is 33.3 Å². The van der Waals surface area contributed by atoms with Crippen LogP contribution in [-0.2, 0) is 11.3 Å². The number of likely N-dealkylation sites (N-methyl/N-ethyl adjacent to an activating group) is 1. The average Bonchev–Trinajstić information content (AvgIpc) is 2.39. The Hall–Kier alpha value is -1.50. The van der Waals surface area contributed by atoms with Crippen molar-refractivity contribution in [3.8, 4) is 17.2 Å². The van der Waals surface area contributed by atoms with Crippen molar-refractivity contribution in [3.05, 3.63) is 17.7 Å². The van der Waals surface area contributed by atoms with Gasteiger partial charge in [0.2, 0.25) is 5.75 Å². The first-order chi connectivity index (χ1) is 9.08. The number of phenols is 3. The minimum atomic E-state index is -0.479. The lowest BCUT2D eigenvalue weighted by Gasteiger charge is -2.30. The summed E-state index contributed by atoms with van der Waals surface area (Å²) in [5.74, 6) is -1.08. The smallest absolute Gasteiger partial charge is 0.200 e. The second-order valence-electron chi connectivity index (χ2n) is 4.83. The van der Waals surface area contributed by atoms with Crippen LogP contribution in [0.4, 0.5) is 0 Å². The van der Waals surface area contributed by atoms with E-state index in [4.69, 9.17) is 4.74 Å². The van der Waals surface area contributed by atoms with Gasteiger partial charge in [-0.25, -0.2) is 0 Å². The highest BCUT2D eigenvalue weighted by Gasteiger charge is 2.17. The molecule has 1 unspecified atom stereocenters. The van der Waals surface area contributed by atoms with E-state index in [2.05, 4.69) is 17.3 Å². The third-order valence-electron chi connectivity index (χ3n) is 3.24. The van der Waals surface area contributed by atoms with Crippen LogP contribution in [0.5, 0.6) is 17.2 Å². The number of hydrogen-bond donors (Lipinski definition) is 4. The Kier molecular flexibility index (Phi) is 4.47. The zero-order chi connectivity index (χ0) is 13.8. The van der Waals surface area contributed by atoms with Gasteiger partial charge in [0.15, 0.2) is 11.5 Å². The molecule has 2 rings (SSSR count). The highest BCUT2D eigenvalue weighted by Crippen LogP contribution is 2.36. The van der Waals surface area contributed by atoms with Crippen molar-refractivity contribution in [3.63, 3.8) is 0 Å². The summed E-state index contributed by atoms with van der Waals surface area (Å²) < 4.78 is 5.60. The Balaban J connectivity index is 1.84. The average molecular weight is 268 g/mol. The van der Waals surface area contributed by atoms with Gasteiger partial charge in [-0.05, 0) is 13.1 Å². The molecule has 4 N–H and O–H groups in total. The van der Waals surface area contributed by atoms with Crippen molar-refractivity contribution < 1.29 is 20.1 Å². The lowest BCUT2D eigenvalue weighted by molar-refractivity contribution is -0.0182. The molecule has 6 heteroatoms. The molecule has 0 bridgehead atoms. The van der Waals surface area contributed by atoms with Gasteiger partial charge >= 0.3 is 0 Å². The van der Waals surface area contributed by atoms with E-state index in [0.29, 0.717) is 18.7 Å². The number of aromatic hydroxyl groups is 3. The summed E-state index contributed by atoms with van der Waals surface area (Å²) in [5.41, 5.74) is 0.541. The Bertz CT molecular complexity index is 439. The van der Waals surface area contributed by atoms with Crippen LogP contribution in [0.2, 0.25) is 0 Å². The molecule has 1 atom stereocenters. The number of hydrogen-bond acceptors (Lipinski definition) is 6. The first kappa shape index (κ1) is 13.9. The summed E-state index contributed by atoms with van der Waals surface area (Å²) >= 11 is 0. The molecule has 1 fully saturated rings. The van der Waals surface area contributed by atoms with Gasteiger partial charge in [-0.3, -0.25) is 0 Å². The molecule has 106 valence electrons. The summed E-state index contributed by atoms with van der Waals surface area (Å²) in [6.07, 6.45) is 0.131. The molecular formula is C13H20N2O4. The third kappa shape index (κ3) is 3.50. The fraction of sp³-hybridized carbons (Fsp3) is 0.538. The number of nitrogens with zero attached hydrogens (tertiary/aromatic N) is 1. The largest absolute Gasteiger partial charge is 0.504 e. The van der Waals surface area contributed by atoms with Crippen molar-refractivity contribution in [2.45, 2.75) is 12.6 Å². The van der Waals surface area contributed by atoms with Crippen LogP contribution in [0.15, 0.2) is 12.1 Å². The summed E-state index contributed by atoms with van der Waals surface area (Å²) in [5, 5.41) is 31.5. The number of phenolic OH excluding ortho intramolecular Hbond substituents is 3. The number of benzene rings is 1. The van der Waals surface area contributed by atoms with E-state index in [-0.39, 0.29) is 17.6 Å². The van der Waals surface area contributed by atoms with E-state index in [1.165, 1.54) is 6.07 Å². The molecule has 0 aromatic heterocycles. The van der Waals surface area contributed by atoms with E-state index >= 15 is 0 Å². The van der Waals surface area contributed by atoms with E-state index in [0.717, 1.165) is 19.7 Å². The fourth-order valence-corrected chi connectivity index (χ4v) is 2.11. The molecule has 0 radical (unpaired) electrons. The number of morpholine rings is 1. The Labute approximate surface area is 112 Å².